The van der Waals surface area contributed by atoms with Gasteiger partial charge in [0, 0.05) is 12.6 Å². The van der Waals surface area contributed by atoms with Crippen LogP contribution in [0.15, 0.2) is 0 Å². The van der Waals surface area contributed by atoms with Gasteiger partial charge < -0.3 is 20.6 Å². The van der Waals surface area contributed by atoms with Crippen molar-refractivity contribution >= 4 is 17.9 Å². The highest BCUT2D eigenvalue weighted by atomic mass is 16.4. The summed E-state index contributed by atoms with van der Waals surface area (Å²) >= 11 is 0. The van der Waals surface area contributed by atoms with Crippen LogP contribution in [0.5, 0.6) is 0 Å². The molecule has 0 aliphatic rings. The van der Waals surface area contributed by atoms with E-state index in [1.165, 1.54) is 0 Å². The van der Waals surface area contributed by atoms with Gasteiger partial charge in [-0.1, -0.05) is 0 Å². The van der Waals surface area contributed by atoms with Crippen LogP contribution in [0.25, 0.3) is 0 Å². The highest BCUT2D eigenvalue weighted by Gasteiger charge is 2.16. The van der Waals surface area contributed by atoms with E-state index in [1.54, 1.807) is 0 Å². The van der Waals surface area contributed by atoms with Crippen LogP contribution in [0.2, 0.25) is 0 Å². The molecule has 0 aliphatic carbocycles. The number of carbonyl (C=O) groups is 3. The SMILES string of the molecule is O=C(O)CCNC(CC(=O)O)CC(=O)O. The van der Waals surface area contributed by atoms with Crippen LogP contribution in [0.4, 0.5) is 0 Å². The summed E-state index contributed by atoms with van der Waals surface area (Å²) < 4.78 is 0. The highest BCUT2D eigenvalue weighted by molar-refractivity contribution is 5.71. The van der Waals surface area contributed by atoms with E-state index in [-0.39, 0.29) is 25.8 Å². The molecule has 0 saturated carbocycles. The maximum absolute atomic E-state index is 10.3. The zero-order valence-corrected chi connectivity index (χ0v) is 7.97. The van der Waals surface area contributed by atoms with Gasteiger partial charge in [-0.2, -0.15) is 0 Å². The summed E-state index contributed by atoms with van der Waals surface area (Å²) in [5.74, 6) is -3.26. The van der Waals surface area contributed by atoms with Crippen LogP contribution in [-0.2, 0) is 14.4 Å². The van der Waals surface area contributed by atoms with Gasteiger partial charge in [0.2, 0.25) is 0 Å². The molecular weight excluding hydrogens is 206 g/mol. The molecule has 0 bridgehead atoms. The van der Waals surface area contributed by atoms with Crippen molar-refractivity contribution in [3.05, 3.63) is 0 Å². The molecule has 0 aromatic rings. The first-order chi connectivity index (χ1) is 6.91. The molecule has 7 nitrogen and oxygen atoms in total. The van der Waals surface area contributed by atoms with Gasteiger partial charge in [0.1, 0.15) is 0 Å². The van der Waals surface area contributed by atoms with Crippen LogP contribution >= 0.6 is 0 Å². The van der Waals surface area contributed by atoms with Crippen molar-refractivity contribution in [2.24, 2.45) is 0 Å². The molecule has 0 rings (SSSR count). The number of nitrogens with one attached hydrogen (secondary N) is 1. The summed E-state index contributed by atoms with van der Waals surface area (Å²) in [5, 5.41) is 27.8. The molecule has 0 atom stereocenters. The molecule has 0 saturated heterocycles. The molecule has 0 radical (unpaired) electrons. The smallest absolute Gasteiger partial charge is 0.304 e. The first-order valence-corrected chi connectivity index (χ1v) is 4.30. The predicted octanol–water partition coefficient (Wildman–Crippen LogP) is -0.631. The van der Waals surface area contributed by atoms with Crippen molar-refractivity contribution in [3.63, 3.8) is 0 Å². The normalized spacial score (nSPS) is 10.2. The Kier molecular flexibility index (Phi) is 6.03. The minimum absolute atomic E-state index is 0.0561. The Balaban J connectivity index is 3.94. The van der Waals surface area contributed by atoms with Crippen molar-refractivity contribution in [2.45, 2.75) is 25.3 Å². The third-order valence-electron chi connectivity index (χ3n) is 1.61. The Morgan fingerprint density at radius 1 is 0.933 bits per heavy atom. The lowest BCUT2D eigenvalue weighted by molar-refractivity contribution is -0.139. The Labute approximate surface area is 85.7 Å². The van der Waals surface area contributed by atoms with E-state index in [4.69, 9.17) is 15.3 Å². The van der Waals surface area contributed by atoms with Gasteiger partial charge in [0.25, 0.3) is 0 Å². The number of hydrogen-bond donors (Lipinski definition) is 4. The van der Waals surface area contributed by atoms with E-state index >= 15 is 0 Å². The average molecular weight is 219 g/mol. The molecule has 0 heterocycles. The lowest BCUT2D eigenvalue weighted by Crippen LogP contribution is -2.35. The second-order valence-electron chi connectivity index (χ2n) is 2.99. The van der Waals surface area contributed by atoms with E-state index < -0.39 is 23.9 Å². The number of hydrogen-bond acceptors (Lipinski definition) is 4. The van der Waals surface area contributed by atoms with E-state index in [9.17, 15) is 14.4 Å². The van der Waals surface area contributed by atoms with Gasteiger partial charge >= 0.3 is 17.9 Å². The molecule has 15 heavy (non-hydrogen) atoms. The van der Waals surface area contributed by atoms with Crippen molar-refractivity contribution in [1.82, 2.24) is 5.32 Å². The summed E-state index contributed by atoms with van der Waals surface area (Å²) in [4.78, 5) is 30.8. The predicted molar refractivity (Wildman–Crippen MR) is 48.5 cm³/mol. The van der Waals surface area contributed by atoms with Crippen LogP contribution in [0.3, 0.4) is 0 Å². The van der Waals surface area contributed by atoms with E-state index in [0.717, 1.165) is 0 Å². The second-order valence-corrected chi connectivity index (χ2v) is 2.99. The molecule has 0 aromatic carbocycles. The summed E-state index contributed by atoms with van der Waals surface area (Å²) in [7, 11) is 0. The minimum Gasteiger partial charge on any atom is -0.481 e. The quantitative estimate of drug-likeness (QED) is 0.428. The summed E-state index contributed by atoms with van der Waals surface area (Å²) in [6.45, 7) is 0.0561. The summed E-state index contributed by atoms with van der Waals surface area (Å²) in [6, 6.07) is -0.737. The zero-order chi connectivity index (χ0) is 11.8. The first kappa shape index (κ1) is 13.4. The van der Waals surface area contributed by atoms with Gasteiger partial charge in [-0.15, -0.1) is 0 Å². The molecule has 0 spiro atoms. The van der Waals surface area contributed by atoms with E-state index in [2.05, 4.69) is 5.32 Å². The Hall–Kier alpha value is -1.63. The Morgan fingerprint density at radius 2 is 1.40 bits per heavy atom. The average Bonchev–Trinajstić information content (AvgIpc) is 2.00. The number of carboxylic acids is 3. The summed E-state index contributed by atoms with van der Waals surface area (Å²) in [6.07, 6.45) is -0.854. The molecule has 0 aromatic heterocycles. The molecule has 0 fully saturated rings. The molecule has 4 N–H and O–H groups in total. The standard InChI is InChI=1S/C8H13NO6/c10-6(11)1-2-9-5(3-7(12)13)4-8(14)15/h5,9H,1-4H2,(H,10,11)(H,12,13)(H,14,15). The maximum atomic E-state index is 10.3. The zero-order valence-electron chi connectivity index (χ0n) is 7.97. The van der Waals surface area contributed by atoms with Crippen LogP contribution in [0, 0.1) is 0 Å². The van der Waals surface area contributed by atoms with E-state index in [0.29, 0.717) is 0 Å². The highest BCUT2D eigenvalue weighted by Crippen LogP contribution is 1.98. The number of aliphatic carboxylic acids is 3. The van der Waals surface area contributed by atoms with Crippen LogP contribution in [0.1, 0.15) is 19.3 Å². The fourth-order valence-corrected chi connectivity index (χ4v) is 1.02. The van der Waals surface area contributed by atoms with Gasteiger partial charge in [-0.3, -0.25) is 14.4 Å². The first-order valence-electron chi connectivity index (χ1n) is 4.30. The molecular formula is C8H13NO6. The van der Waals surface area contributed by atoms with Crippen LogP contribution < -0.4 is 5.32 Å². The van der Waals surface area contributed by atoms with Gasteiger partial charge in [0.05, 0.1) is 19.3 Å². The third kappa shape index (κ3) is 8.69. The van der Waals surface area contributed by atoms with Crippen molar-refractivity contribution < 1.29 is 29.7 Å². The molecule has 0 aliphatic heterocycles. The fraction of sp³-hybridized carbons (Fsp3) is 0.625. The number of rotatable bonds is 8. The Bertz CT molecular complexity index is 236. The van der Waals surface area contributed by atoms with Gasteiger partial charge in [-0.05, 0) is 0 Å². The topological polar surface area (TPSA) is 124 Å². The van der Waals surface area contributed by atoms with Gasteiger partial charge in [-0.25, -0.2) is 0 Å². The van der Waals surface area contributed by atoms with E-state index in [1.807, 2.05) is 0 Å². The molecule has 7 heteroatoms. The minimum atomic E-state index is -1.12. The van der Waals surface area contributed by atoms with Crippen molar-refractivity contribution in [3.8, 4) is 0 Å². The Morgan fingerprint density at radius 3 is 1.73 bits per heavy atom. The molecule has 0 amide bonds. The monoisotopic (exact) mass is 219 g/mol. The third-order valence-corrected chi connectivity index (χ3v) is 1.61. The maximum Gasteiger partial charge on any atom is 0.304 e. The number of carboxylic acid groups (broad SMARTS) is 3. The molecule has 86 valence electrons. The summed E-state index contributed by atoms with van der Waals surface area (Å²) in [5.41, 5.74) is 0. The lowest BCUT2D eigenvalue weighted by atomic mass is 10.1. The largest absolute Gasteiger partial charge is 0.481 e. The second kappa shape index (κ2) is 6.77. The van der Waals surface area contributed by atoms with Crippen LogP contribution in [-0.4, -0.2) is 45.8 Å². The van der Waals surface area contributed by atoms with Gasteiger partial charge in [0.15, 0.2) is 0 Å². The van der Waals surface area contributed by atoms with Crippen molar-refractivity contribution in [1.29, 1.82) is 0 Å². The van der Waals surface area contributed by atoms with Crippen molar-refractivity contribution in [2.75, 3.05) is 6.54 Å². The fourth-order valence-electron chi connectivity index (χ4n) is 1.02. The molecule has 0 unspecified atom stereocenters. The lowest BCUT2D eigenvalue weighted by Gasteiger charge is -2.13.